The Morgan fingerprint density at radius 2 is 1.81 bits per heavy atom. The maximum absolute atomic E-state index is 13.2. The van der Waals surface area contributed by atoms with Gasteiger partial charge in [-0.3, -0.25) is 19.0 Å². The van der Waals surface area contributed by atoms with Crippen molar-refractivity contribution in [3.05, 3.63) is 65.2 Å². The van der Waals surface area contributed by atoms with Crippen LogP contribution in [0.3, 0.4) is 0 Å². The zero-order chi connectivity index (χ0) is 21.8. The minimum absolute atomic E-state index is 0.111. The molecule has 0 aliphatic heterocycles. The van der Waals surface area contributed by atoms with E-state index in [1.165, 1.54) is 18.9 Å². The molecule has 0 unspecified atom stereocenters. The van der Waals surface area contributed by atoms with Gasteiger partial charge in [-0.25, -0.2) is 4.98 Å². The summed E-state index contributed by atoms with van der Waals surface area (Å²) in [5.41, 5.74) is 1.98. The van der Waals surface area contributed by atoms with Crippen molar-refractivity contribution in [3.63, 3.8) is 0 Å². The van der Waals surface area contributed by atoms with Crippen LogP contribution in [0.15, 0.2) is 54.1 Å². The summed E-state index contributed by atoms with van der Waals surface area (Å²) in [5, 5.41) is 14.7. The predicted molar refractivity (Wildman–Crippen MR) is 107 cm³/mol. The molecule has 0 spiro atoms. The average Bonchev–Trinajstić information content (AvgIpc) is 3.42. The first-order valence-corrected chi connectivity index (χ1v) is 9.20. The lowest BCUT2D eigenvalue weighted by molar-refractivity contribution is -0.140. The topological polar surface area (TPSA) is 94.3 Å². The minimum atomic E-state index is -4.55. The van der Waals surface area contributed by atoms with Gasteiger partial charge in [0.1, 0.15) is 25.0 Å². The fraction of sp³-hybridized carbons (Fsp3) is 0.150. The molecule has 0 bridgehead atoms. The normalized spacial score (nSPS) is 12.1. The molecule has 31 heavy (non-hydrogen) atoms. The maximum Gasteiger partial charge on any atom is 0.406 e. The van der Waals surface area contributed by atoms with Crippen molar-refractivity contribution in [2.75, 3.05) is 0 Å². The number of aryl methyl sites for hydroxylation is 1. The molecule has 0 atom stereocenters. The molecule has 0 fully saturated rings. The quantitative estimate of drug-likeness (QED) is 0.478. The number of halogens is 3. The summed E-state index contributed by atoms with van der Waals surface area (Å²) in [5.74, 6) is 0.641. The van der Waals surface area contributed by atoms with E-state index in [1.807, 2.05) is 13.0 Å². The Hall–Kier alpha value is -4.02. The molecule has 156 valence electrons. The number of rotatable bonds is 3. The van der Waals surface area contributed by atoms with Crippen LogP contribution in [-0.4, -0.2) is 40.7 Å². The summed E-state index contributed by atoms with van der Waals surface area (Å²) < 4.78 is 42.1. The van der Waals surface area contributed by atoms with Gasteiger partial charge in [0, 0.05) is 17.1 Å². The molecule has 8 nitrogen and oxygen atoms in total. The van der Waals surface area contributed by atoms with E-state index >= 15 is 0 Å². The standard InChI is InChI=1S/C20H14F3N7O/c1-11-4-13(6-24-18(11)29-9-26-27-10-29)12-2-3-14-16(5-12)30(8-20(21,22)23)19(31)15-7-25-28-17(14)15/h2-7,9-10H,8H2,1H3,(H,25,28). The van der Waals surface area contributed by atoms with Crippen LogP contribution in [0, 0.1) is 6.92 Å². The molecule has 0 saturated heterocycles. The summed E-state index contributed by atoms with van der Waals surface area (Å²) in [6.07, 6.45) is 1.36. The highest BCUT2D eigenvalue weighted by atomic mass is 19.4. The second kappa shape index (κ2) is 6.76. The summed E-state index contributed by atoms with van der Waals surface area (Å²) >= 11 is 0. The summed E-state index contributed by atoms with van der Waals surface area (Å²) in [7, 11) is 0. The van der Waals surface area contributed by atoms with E-state index in [2.05, 4.69) is 25.4 Å². The number of fused-ring (bicyclic) bond motifs is 3. The van der Waals surface area contributed by atoms with Gasteiger partial charge in [0.15, 0.2) is 0 Å². The fourth-order valence-corrected chi connectivity index (χ4v) is 3.70. The van der Waals surface area contributed by atoms with Crippen molar-refractivity contribution in [2.45, 2.75) is 19.6 Å². The number of aromatic nitrogens is 7. The van der Waals surface area contributed by atoms with Crippen molar-refractivity contribution < 1.29 is 13.2 Å². The molecule has 0 aliphatic rings. The number of pyridine rings is 2. The largest absolute Gasteiger partial charge is 0.406 e. The Morgan fingerprint density at radius 1 is 1.03 bits per heavy atom. The number of H-pyrrole nitrogens is 1. The first-order chi connectivity index (χ1) is 14.8. The molecule has 5 aromatic rings. The van der Waals surface area contributed by atoms with Gasteiger partial charge in [0.05, 0.1) is 22.6 Å². The highest BCUT2D eigenvalue weighted by Crippen LogP contribution is 2.29. The SMILES string of the molecule is Cc1cc(-c2ccc3c4[nH]ncc4c(=O)n(CC(F)(F)F)c3c2)cnc1-n1cnnc1. The van der Waals surface area contributed by atoms with E-state index < -0.39 is 18.3 Å². The number of nitrogens with zero attached hydrogens (tertiary/aromatic N) is 6. The van der Waals surface area contributed by atoms with Gasteiger partial charge >= 0.3 is 6.18 Å². The van der Waals surface area contributed by atoms with Gasteiger partial charge in [-0.2, -0.15) is 18.3 Å². The van der Waals surface area contributed by atoms with Crippen molar-refractivity contribution in [2.24, 2.45) is 0 Å². The van der Waals surface area contributed by atoms with Gasteiger partial charge in [0.2, 0.25) is 0 Å². The van der Waals surface area contributed by atoms with Crippen LogP contribution >= 0.6 is 0 Å². The molecular weight excluding hydrogens is 411 g/mol. The van der Waals surface area contributed by atoms with Gasteiger partial charge in [-0.05, 0) is 30.2 Å². The second-order valence-electron chi connectivity index (χ2n) is 7.13. The molecule has 4 aromatic heterocycles. The van der Waals surface area contributed by atoms with Crippen LogP contribution < -0.4 is 5.56 Å². The zero-order valence-electron chi connectivity index (χ0n) is 16.1. The van der Waals surface area contributed by atoms with E-state index in [-0.39, 0.29) is 10.9 Å². The van der Waals surface area contributed by atoms with Crippen LogP contribution in [0.4, 0.5) is 13.2 Å². The van der Waals surface area contributed by atoms with Crippen LogP contribution in [0.5, 0.6) is 0 Å². The van der Waals surface area contributed by atoms with Gasteiger partial charge < -0.3 is 0 Å². The van der Waals surface area contributed by atoms with Crippen LogP contribution in [0.25, 0.3) is 38.8 Å². The van der Waals surface area contributed by atoms with E-state index in [1.54, 1.807) is 29.0 Å². The Labute approximate surface area is 172 Å². The lowest BCUT2D eigenvalue weighted by Gasteiger charge is -2.15. The predicted octanol–water partition coefficient (Wildman–Crippen LogP) is 3.39. The maximum atomic E-state index is 13.2. The molecule has 4 heterocycles. The van der Waals surface area contributed by atoms with E-state index in [9.17, 15) is 18.0 Å². The number of hydrogen-bond donors (Lipinski definition) is 1. The van der Waals surface area contributed by atoms with Crippen molar-refractivity contribution in [1.82, 2.24) is 34.5 Å². The van der Waals surface area contributed by atoms with Crippen LogP contribution in [0.2, 0.25) is 0 Å². The highest BCUT2D eigenvalue weighted by Gasteiger charge is 2.30. The Bertz CT molecular complexity index is 1480. The van der Waals surface area contributed by atoms with Crippen LogP contribution in [0.1, 0.15) is 5.56 Å². The monoisotopic (exact) mass is 425 g/mol. The Morgan fingerprint density at radius 3 is 2.52 bits per heavy atom. The van der Waals surface area contributed by atoms with Crippen LogP contribution in [-0.2, 0) is 6.54 Å². The van der Waals surface area contributed by atoms with Gasteiger partial charge in [-0.15, -0.1) is 10.2 Å². The zero-order valence-corrected chi connectivity index (χ0v) is 16.1. The number of alkyl halides is 3. The van der Waals surface area contributed by atoms with E-state index in [0.29, 0.717) is 27.8 Å². The third-order valence-corrected chi connectivity index (χ3v) is 5.06. The summed E-state index contributed by atoms with van der Waals surface area (Å²) in [6.45, 7) is 0.470. The fourth-order valence-electron chi connectivity index (χ4n) is 3.70. The molecule has 0 aliphatic carbocycles. The molecule has 0 amide bonds. The lowest BCUT2D eigenvalue weighted by Crippen LogP contribution is -2.28. The lowest BCUT2D eigenvalue weighted by atomic mass is 10.0. The molecule has 1 N–H and O–H groups in total. The smallest absolute Gasteiger partial charge is 0.298 e. The molecule has 0 saturated carbocycles. The number of nitrogens with one attached hydrogen (secondary N) is 1. The van der Waals surface area contributed by atoms with Gasteiger partial charge in [-0.1, -0.05) is 12.1 Å². The first kappa shape index (κ1) is 19.0. The average molecular weight is 425 g/mol. The first-order valence-electron chi connectivity index (χ1n) is 9.20. The molecule has 1 aromatic carbocycles. The highest BCUT2D eigenvalue weighted by molar-refractivity contribution is 6.04. The Balaban J connectivity index is 1.71. The Kier molecular flexibility index (Phi) is 4.14. The number of hydrogen-bond acceptors (Lipinski definition) is 5. The summed E-state index contributed by atoms with van der Waals surface area (Å²) in [6, 6.07) is 6.89. The minimum Gasteiger partial charge on any atom is -0.298 e. The second-order valence-corrected chi connectivity index (χ2v) is 7.13. The molecule has 5 rings (SSSR count). The van der Waals surface area contributed by atoms with Gasteiger partial charge in [0.25, 0.3) is 5.56 Å². The third-order valence-electron chi connectivity index (χ3n) is 5.06. The summed E-state index contributed by atoms with van der Waals surface area (Å²) in [4.78, 5) is 17.2. The third kappa shape index (κ3) is 3.23. The molecule has 0 radical (unpaired) electrons. The molecular formula is C20H14F3N7O. The molecule has 11 heteroatoms. The van der Waals surface area contributed by atoms with Crippen molar-refractivity contribution >= 4 is 21.8 Å². The van der Waals surface area contributed by atoms with E-state index in [0.717, 1.165) is 10.1 Å². The van der Waals surface area contributed by atoms with Crippen molar-refractivity contribution in [1.29, 1.82) is 0 Å². The number of benzene rings is 1. The van der Waals surface area contributed by atoms with E-state index in [4.69, 9.17) is 0 Å². The van der Waals surface area contributed by atoms with Crippen molar-refractivity contribution in [3.8, 4) is 16.9 Å². The number of aromatic amines is 1.